The molecule has 0 saturated heterocycles. The molecule has 0 aliphatic carbocycles. The number of benzene rings is 2. The highest BCUT2D eigenvalue weighted by molar-refractivity contribution is 7.89. The summed E-state index contributed by atoms with van der Waals surface area (Å²) in [5, 5.41) is 11.5. The number of hydrogen-bond acceptors (Lipinski definition) is 5. The standard InChI is InChI=1S/C19H17N5O3S/c1-23(28(26,27)18-8-2-15(12-20)3-9-18)13-19(25)22-16-4-6-17(7-5-16)24-11-10-21-14-24/h2-11,14H,13H2,1H3,(H,22,25). The number of rotatable bonds is 6. The molecule has 0 aliphatic rings. The molecule has 9 heteroatoms. The molecule has 0 atom stereocenters. The van der Waals surface area contributed by atoms with Gasteiger partial charge in [0.1, 0.15) is 0 Å². The zero-order valence-electron chi connectivity index (χ0n) is 15.0. The summed E-state index contributed by atoms with van der Waals surface area (Å²) in [6, 6.07) is 14.5. The second-order valence-electron chi connectivity index (χ2n) is 5.96. The Morgan fingerprint density at radius 1 is 1.18 bits per heavy atom. The Kier molecular flexibility index (Phi) is 5.54. The van der Waals surface area contributed by atoms with Crippen molar-refractivity contribution in [3.63, 3.8) is 0 Å². The van der Waals surface area contributed by atoms with Crippen LogP contribution in [0.25, 0.3) is 5.69 Å². The summed E-state index contributed by atoms with van der Waals surface area (Å²) in [6.45, 7) is -0.342. The molecule has 0 unspecified atom stereocenters. The maximum Gasteiger partial charge on any atom is 0.243 e. The van der Waals surface area contributed by atoms with E-state index in [4.69, 9.17) is 5.26 Å². The molecule has 0 spiro atoms. The molecule has 3 aromatic rings. The molecule has 1 N–H and O–H groups in total. The summed E-state index contributed by atoms with van der Waals surface area (Å²) in [5.74, 6) is -0.463. The largest absolute Gasteiger partial charge is 0.325 e. The third-order valence-corrected chi connectivity index (χ3v) is 5.83. The van der Waals surface area contributed by atoms with E-state index in [0.717, 1.165) is 9.99 Å². The van der Waals surface area contributed by atoms with Gasteiger partial charge in [-0.2, -0.15) is 9.57 Å². The molecule has 8 nitrogen and oxygen atoms in total. The molecule has 0 aliphatic heterocycles. The normalized spacial score (nSPS) is 11.2. The number of nitrogens with one attached hydrogen (secondary N) is 1. The van der Waals surface area contributed by atoms with Crippen molar-refractivity contribution >= 4 is 21.6 Å². The Morgan fingerprint density at radius 2 is 1.86 bits per heavy atom. The molecule has 3 rings (SSSR count). The number of aromatic nitrogens is 2. The molecule has 1 heterocycles. The lowest BCUT2D eigenvalue weighted by Crippen LogP contribution is -2.34. The summed E-state index contributed by atoms with van der Waals surface area (Å²) in [5.41, 5.74) is 1.80. The molecule has 2 aromatic carbocycles. The monoisotopic (exact) mass is 395 g/mol. The van der Waals surface area contributed by atoms with E-state index in [1.54, 1.807) is 30.9 Å². The predicted molar refractivity (Wildman–Crippen MR) is 103 cm³/mol. The predicted octanol–water partition coefficient (Wildman–Crippen LogP) is 2.00. The number of anilines is 1. The lowest BCUT2D eigenvalue weighted by molar-refractivity contribution is -0.116. The van der Waals surface area contributed by atoms with E-state index in [1.807, 2.05) is 22.8 Å². The van der Waals surface area contributed by atoms with Crippen LogP contribution in [0.5, 0.6) is 0 Å². The summed E-state index contributed by atoms with van der Waals surface area (Å²) >= 11 is 0. The second-order valence-corrected chi connectivity index (χ2v) is 8.01. The average molecular weight is 395 g/mol. The molecule has 142 valence electrons. The maximum absolute atomic E-state index is 12.6. The van der Waals surface area contributed by atoms with Gasteiger partial charge in [-0.1, -0.05) is 0 Å². The van der Waals surface area contributed by atoms with E-state index >= 15 is 0 Å². The van der Waals surface area contributed by atoms with Crippen LogP contribution in [0, 0.1) is 11.3 Å². The molecule has 1 amide bonds. The van der Waals surface area contributed by atoms with Gasteiger partial charge in [0.2, 0.25) is 15.9 Å². The van der Waals surface area contributed by atoms with Crippen LogP contribution in [-0.4, -0.2) is 41.8 Å². The van der Waals surface area contributed by atoms with Crippen LogP contribution < -0.4 is 5.32 Å². The Labute approximate surface area is 162 Å². The molecule has 0 bridgehead atoms. The summed E-state index contributed by atoms with van der Waals surface area (Å²) in [7, 11) is -2.51. The summed E-state index contributed by atoms with van der Waals surface area (Å²) in [4.78, 5) is 16.2. The van der Waals surface area contributed by atoms with E-state index in [-0.39, 0.29) is 11.4 Å². The van der Waals surface area contributed by atoms with Crippen LogP contribution >= 0.6 is 0 Å². The number of hydrogen-bond donors (Lipinski definition) is 1. The molecule has 28 heavy (non-hydrogen) atoms. The number of nitrogens with zero attached hydrogens (tertiary/aromatic N) is 4. The average Bonchev–Trinajstić information content (AvgIpc) is 3.23. The zero-order valence-corrected chi connectivity index (χ0v) is 15.8. The fourth-order valence-corrected chi connectivity index (χ4v) is 3.62. The smallest absolute Gasteiger partial charge is 0.243 e. The highest BCUT2D eigenvalue weighted by Crippen LogP contribution is 2.16. The van der Waals surface area contributed by atoms with Crippen molar-refractivity contribution in [1.29, 1.82) is 5.26 Å². The van der Waals surface area contributed by atoms with Gasteiger partial charge in [-0.25, -0.2) is 13.4 Å². The van der Waals surface area contributed by atoms with Crippen LogP contribution in [0.3, 0.4) is 0 Å². The Bertz CT molecular complexity index is 1100. The highest BCUT2D eigenvalue weighted by Gasteiger charge is 2.23. The van der Waals surface area contributed by atoms with Crippen molar-refractivity contribution < 1.29 is 13.2 Å². The quantitative estimate of drug-likeness (QED) is 0.687. The molecular formula is C19H17N5O3S. The molecule has 0 saturated carbocycles. The van der Waals surface area contributed by atoms with Gasteiger partial charge in [0, 0.05) is 30.8 Å². The first-order chi connectivity index (χ1) is 13.4. The number of nitriles is 1. The van der Waals surface area contributed by atoms with Gasteiger partial charge in [0.15, 0.2) is 0 Å². The first-order valence-corrected chi connectivity index (χ1v) is 9.69. The number of likely N-dealkylation sites (N-methyl/N-ethyl adjacent to an activating group) is 1. The lowest BCUT2D eigenvalue weighted by Gasteiger charge is -2.17. The molecule has 0 fully saturated rings. The number of amides is 1. The van der Waals surface area contributed by atoms with Crippen molar-refractivity contribution in [3.8, 4) is 11.8 Å². The van der Waals surface area contributed by atoms with Crippen LogP contribution in [0.1, 0.15) is 5.56 Å². The number of carbonyl (C=O) groups is 1. The van der Waals surface area contributed by atoms with Gasteiger partial charge in [0.05, 0.1) is 29.4 Å². The van der Waals surface area contributed by atoms with Crippen LogP contribution in [0.4, 0.5) is 5.69 Å². The molecule has 1 aromatic heterocycles. The minimum absolute atomic E-state index is 0.0199. The van der Waals surface area contributed by atoms with Crippen LogP contribution in [0.2, 0.25) is 0 Å². The second kappa shape index (κ2) is 8.04. The Hall–Kier alpha value is -3.48. The number of carbonyl (C=O) groups excluding carboxylic acids is 1. The third-order valence-electron chi connectivity index (χ3n) is 4.01. The highest BCUT2D eigenvalue weighted by atomic mass is 32.2. The maximum atomic E-state index is 12.6. The fraction of sp³-hybridized carbons (Fsp3) is 0.105. The Morgan fingerprint density at radius 3 is 2.43 bits per heavy atom. The first-order valence-electron chi connectivity index (χ1n) is 8.25. The van der Waals surface area contributed by atoms with Gasteiger partial charge >= 0.3 is 0 Å². The third kappa shape index (κ3) is 4.25. The fourth-order valence-electron chi connectivity index (χ4n) is 2.50. The van der Waals surface area contributed by atoms with Gasteiger partial charge in [0.25, 0.3) is 0 Å². The van der Waals surface area contributed by atoms with E-state index in [2.05, 4.69) is 10.3 Å². The van der Waals surface area contributed by atoms with Gasteiger partial charge in [-0.05, 0) is 48.5 Å². The minimum Gasteiger partial charge on any atom is -0.325 e. The Balaban J connectivity index is 1.64. The summed E-state index contributed by atoms with van der Waals surface area (Å²) < 4.78 is 27.9. The van der Waals surface area contributed by atoms with E-state index in [0.29, 0.717) is 11.3 Å². The minimum atomic E-state index is -3.83. The lowest BCUT2D eigenvalue weighted by atomic mass is 10.2. The SMILES string of the molecule is CN(CC(=O)Nc1ccc(-n2ccnc2)cc1)S(=O)(=O)c1ccc(C#N)cc1. The van der Waals surface area contributed by atoms with E-state index in [1.165, 1.54) is 31.3 Å². The number of imidazole rings is 1. The van der Waals surface area contributed by atoms with Crippen molar-refractivity contribution in [2.24, 2.45) is 0 Å². The van der Waals surface area contributed by atoms with Crippen molar-refractivity contribution in [1.82, 2.24) is 13.9 Å². The van der Waals surface area contributed by atoms with Crippen molar-refractivity contribution in [2.75, 3.05) is 18.9 Å². The zero-order chi connectivity index (χ0) is 20.1. The van der Waals surface area contributed by atoms with E-state index in [9.17, 15) is 13.2 Å². The molecular weight excluding hydrogens is 378 g/mol. The number of sulfonamides is 1. The first kappa shape index (κ1) is 19.3. The topological polar surface area (TPSA) is 108 Å². The van der Waals surface area contributed by atoms with Crippen LogP contribution in [-0.2, 0) is 14.8 Å². The van der Waals surface area contributed by atoms with Crippen molar-refractivity contribution in [2.45, 2.75) is 4.90 Å². The van der Waals surface area contributed by atoms with Gasteiger partial charge in [-0.3, -0.25) is 4.79 Å². The summed E-state index contributed by atoms with van der Waals surface area (Å²) in [6.07, 6.45) is 5.13. The van der Waals surface area contributed by atoms with Gasteiger partial charge in [-0.15, -0.1) is 0 Å². The van der Waals surface area contributed by atoms with Gasteiger partial charge < -0.3 is 9.88 Å². The van der Waals surface area contributed by atoms with Crippen molar-refractivity contribution in [3.05, 3.63) is 72.8 Å². The molecule has 0 radical (unpaired) electrons. The van der Waals surface area contributed by atoms with Crippen LogP contribution in [0.15, 0.2) is 72.1 Å². The van der Waals surface area contributed by atoms with E-state index < -0.39 is 15.9 Å².